The number of anilines is 2. The normalized spacial score (nSPS) is 10.5. The van der Waals surface area contributed by atoms with Gasteiger partial charge in [0.1, 0.15) is 5.75 Å². The number of hydrogen-bond acceptors (Lipinski definition) is 5. The number of oxazole rings is 1. The molecular formula is C23H25N3O4. The second-order valence-electron chi connectivity index (χ2n) is 7.06. The van der Waals surface area contributed by atoms with Gasteiger partial charge in [-0.1, -0.05) is 12.1 Å². The fraction of sp³-hybridized carbons (Fsp3) is 0.261. The van der Waals surface area contributed by atoms with Crippen LogP contribution in [0.5, 0.6) is 5.75 Å². The van der Waals surface area contributed by atoms with E-state index in [0.717, 1.165) is 5.56 Å². The standard InChI is InChI=1S/C23H25N3O4/c1-14-5-6-17(11-15(14)2)21-13-24-23(30-21)10-9-22(28)26-19-12-18(25-16(3)27)7-8-20(19)29-4/h5-8,11-13H,9-10H2,1-4H3,(H,25,27)(H,26,28). The molecule has 2 N–H and O–H groups in total. The van der Waals surface area contributed by atoms with E-state index in [9.17, 15) is 9.59 Å². The van der Waals surface area contributed by atoms with Crippen molar-refractivity contribution in [3.05, 3.63) is 59.6 Å². The lowest BCUT2D eigenvalue weighted by molar-refractivity contribution is -0.116. The number of methoxy groups -OCH3 is 1. The van der Waals surface area contributed by atoms with Crippen LogP contribution in [0.15, 0.2) is 47.0 Å². The zero-order valence-electron chi connectivity index (χ0n) is 17.5. The molecule has 0 radical (unpaired) electrons. The van der Waals surface area contributed by atoms with Crippen LogP contribution in [-0.2, 0) is 16.0 Å². The summed E-state index contributed by atoms with van der Waals surface area (Å²) in [5.74, 6) is 1.28. The van der Waals surface area contributed by atoms with Crippen LogP contribution in [0.25, 0.3) is 11.3 Å². The molecule has 156 valence electrons. The fourth-order valence-corrected chi connectivity index (χ4v) is 2.97. The highest BCUT2D eigenvalue weighted by Gasteiger charge is 2.12. The molecule has 0 aliphatic heterocycles. The Hall–Kier alpha value is -3.61. The maximum atomic E-state index is 12.4. The average molecular weight is 407 g/mol. The number of nitrogens with zero attached hydrogens (tertiary/aromatic N) is 1. The van der Waals surface area contributed by atoms with Gasteiger partial charge in [0, 0.05) is 31.0 Å². The summed E-state index contributed by atoms with van der Waals surface area (Å²) in [7, 11) is 1.52. The van der Waals surface area contributed by atoms with Crippen molar-refractivity contribution in [2.45, 2.75) is 33.6 Å². The van der Waals surface area contributed by atoms with E-state index in [1.807, 2.05) is 12.1 Å². The summed E-state index contributed by atoms with van der Waals surface area (Å²) in [4.78, 5) is 28.0. The van der Waals surface area contributed by atoms with Gasteiger partial charge in [0.25, 0.3) is 0 Å². The van der Waals surface area contributed by atoms with Gasteiger partial charge in [-0.25, -0.2) is 4.98 Å². The molecule has 0 spiro atoms. The highest BCUT2D eigenvalue weighted by atomic mass is 16.5. The maximum Gasteiger partial charge on any atom is 0.224 e. The number of aryl methyl sites for hydroxylation is 3. The second-order valence-corrected chi connectivity index (χ2v) is 7.06. The largest absolute Gasteiger partial charge is 0.495 e. The molecule has 2 amide bonds. The number of benzene rings is 2. The third-order valence-electron chi connectivity index (χ3n) is 4.70. The summed E-state index contributed by atoms with van der Waals surface area (Å²) < 4.78 is 11.1. The third kappa shape index (κ3) is 5.26. The SMILES string of the molecule is COc1ccc(NC(C)=O)cc1NC(=O)CCc1ncc(-c2ccc(C)c(C)c2)o1. The van der Waals surface area contributed by atoms with E-state index in [-0.39, 0.29) is 18.2 Å². The molecule has 1 heterocycles. The Morgan fingerprint density at radius 2 is 1.87 bits per heavy atom. The number of aromatic nitrogens is 1. The van der Waals surface area contributed by atoms with Crippen molar-refractivity contribution in [1.29, 1.82) is 0 Å². The Balaban J connectivity index is 1.63. The monoisotopic (exact) mass is 407 g/mol. The molecule has 7 nitrogen and oxygen atoms in total. The summed E-state index contributed by atoms with van der Waals surface area (Å²) >= 11 is 0. The molecule has 0 aliphatic carbocycles. The van der Waals surface area contributed by atoms with Crippen molar-refractivity contribution in [3.63, 3.8) is 0 Å². The summed E-state index contributed by atoms with van der Waals surface area (Å²) in [6, 6.07) is 11.1. The minimum absolute atomic E-state index is 0.194. The number of amides is 2. The van der Waals surface area contributed by atoms with Crippen molar-refractivity contribution in [3.8, 4) is 17.1 Å². The molecule has 1 aromatic heterocycles. The highest BCUT2D eigenvalue weighted by Crippen LogP contribution is 2.28. The van der Waals surface area contributed by atoms with Gasteiger partial charge < -0.3 is 19.8 Å². The van der Waals surface area contributed by atoms with E-state index < -0.39 is 0 Å². The minimum atomic E-state index is -0.209. The summed E-state index contributed by atoms with van der Waals surface area (Å²) in [5, 5.41) is 5.50. The number of nitrogens with one attached hydrogen (secondary N) is 2. The Morgan fingerprint density at radius 3 is 2.57 bits per heavy atom. The summed E-state index contributed by atoms with van der Waals surface area (Å²) in [6.45, 7) is 5.53. The number of carbonyl (C=O) groups excluding carboxylic acids is 2. The van der Waals surface area contributed by atoms with E-state index >= 15 is 0 Å². The summed E-state index contributed by atoms with van der Waals surface area (Å²) in [6.07, 6.45) is 2.24. The quantitative estimate of drug-likeness (QED) is 0.602. The number of carbonyl (C=O) groups is 2. The van der Waals surface area contributed by atoms with Gasteiger partial charge in [-0.3, -0.25) is 9.59 Å². The molecule has 0 atom stereocenters. The molecule has 0 unspecified atom stereocenters. The van der Waals surface area contributed by atoms with Crippen molar-refractivity contribution in [2.24, 2.45) is 0 Å². The maximum absolute atomic E-state index is 12.4. The Bertz CT molecular complexity index is 1070. The van der Waals surface area contributed by atoms with E-state index in [1.54, 1.807) is 24.4 Å². The first-order valence-corrected chi connectivity index (χ1v) is 9.63. The smallest absolute Gasteiger partial charge is 0.224 e. The molecule has 3 rings (SSSR count). The Kier molecular flexibility index (Phi) is 6.51. The van der Waals surface area contributed by atoms with Crippen LogP contribution in [0.3, 0.4) is 0 Å². The molecule has 0 fully saturated rings. The van der Waals surface area contributed by atoms with Gasteiger partial charge in [0.2, 0.25) is 11.8 Å². The predicted molar refractivity (Wildman–Crippen MR) is 116 cm³/mol. The first-order valence-electron chi connectivity index (χ1n) is 9.63. The number of rotatable bonds is 7. The van der Waals surface area contributed by atoms with Crippen LogP contribution in [0, 0.1) is 13.8 Å². The Morgan fingerprint density at radius 1 is 1.07 bits per heavy atom. The molecule has 2 aromatic carbocycles. The highest BCUT2D eigenvalue weighted by molar-refractivity contribution is 5.95. The zero-order chi connectivity index (χ0) is 21.7. The van der Waals surface area contributed by atoms with Crippen molar-refractivity contribution >= 4 is 23.2 Å². The average Bonchev–Trinajstić information content (AvgIpc) is 3.17. The lowest BCUT2D eigenvalue weighted by atomic mass is 10.1. The lowest BCUT2D eigenvalue weighted by Crippen LogP contribution is -2.14. The molecule has 0 bridgehead atoms. The van der Waals surface area contributed by atoms with Crippen LogP contribution < -0.4 is 15.4 Å². The van der Waals surface area contributed by atoms with Gasteiger partial charge in [-0.2, -0.15) is 0 Å². The third-order valence-corrected chi connectivity index (χ3v) is 4.70. The molecule has 7 heteroatoms. The first kappa shape index (κ1) is 21.1. The fourth-order valence-electron chi connectivity index (χ4n) is 2.97. The van der Waals surface area contributed by atoms with Crippen LogP contribution in [0.4, 0.5) is 11.4 Å². The van der Waals surface area contributed by atoms with Gasteiger partial charge in [-0.05, 0) is 49.2 Å². The van der Waals surface area contributed by atoms with Gasteiger partial charge in [0.15, 0.2) is 11.7 Å². The summed E-state index contributed by atoms with van der Waals surface area (Å²) in [5.41, 5.74) is 4.41. The van der Waals surface area contributed by atoms with E-state index in [2.05, 4.69) is 35.5 Å². The van der Waals surface area contributed by atoms with Crippen molar-refractivity contribution in [2.75, 3.05) is 17.7 Å². The number of hydrogen-bond donors (Lipinski definition) is 2. The second kappa shape index (κ2) is 9.26. The lowest BCUT2D eigenvalue weighted by Gasteiger charge is -2.12. The number of ether oxygens (including phenoxy) is 1. The van der Waals surface area contributed by atoms with E-state index in [0.29, 0.717) is 35.2 Å². The van der Waals surface area contributed by atoms with Crippen molar-refractivity contribution in [1.82, 2.24) is 4.98 Å². The van der Waals surface area contributed by atoms with Crippen LogP contribution in [0.2, 0.25) is 0 Å². The zero-order valence-corrected chi connectivity index (χ0v) is 17.5. The van der Waals surface area contributed by atoms with Crippen molar-refractivity contribution < 1.29 is 18.7 Å². The van der Waals surface area contributed by atoms with E-state index in [4.69, 9.17) is 9.15 Å². The molecule has 0 aliphatic rings. The van der Waals surface area contributed by atoms with Gasteiger partial charge in [-0.15, -0.1) is 0 Å². The van der Waals surface area contributed by atoms with Crippen LogP contribution in [-0.4, -0.2) is 23.9 Å². The molecule has 0 saturated heterocycles. The van der Waals surface area contributed by atoms with Crippen LogP contribution >= 0.6 is 0 Å². The first-order chi connectivity index (χ1) is 14.4. The van der Waals surface area contributed by atoms with Gasteiger partial charge >= 0.3 is 0 Å². The molecule has 3 aromatic rings. The Labute approximate surface area is 175 Å². The van der Waals surface area contributed by atoms with Crippen LogP contribution in [0.1, 0.15) is 30.4 Å². The molecular weight excluding hydrogens is 382 g/mol. The van der Waals surface area contributed by atoms with Gasteiger partial charge in [0.05, 0.1) is 19.0 Å². The topological polar surface area (TPSA) is 93.5 Å². The van der Waals surface area contributed by atoms with E-state index in [1.165, 1.54) is 25.2 Å². The predicted octanol–water partition coefficient (Wildman–Crippen LogP) is 4.50. The molecule has 30 heavy (non-hydrogen) atoms. The minimum Gasteiger partial charge on any atom is -0.495 e. The molecule has 0 saturated carbocycles.